The molecule has 0 unspecified atom stereocenters. The molecule has 1 heterocycles. The summed E-state index contributed by atoms with van der Waals surface area (Å²) in [7, 11) is 3.45. The van der Waals surface area contributed by atoms with E-state index in [-0.39, 0.29) is 11.8 Å². The maximum Gasteiger partial charge on any atom is 0.253 e. The van der Waals surface area contributed by atoms with Gasteiger partial charge in [0.2, 0.25) is 5.91 Å². The van der Waals surface area contributed by atoms with Gasteiger partial charge in [-0.1, -0.05) is 29.8 Å². The predicted octanol–water partition coefficient (Wildman–Crippen LogP) is 3.98. The molecule has 2 amide bonds. The molecule has 0 aliphatic carbocycles. The van der Waals surface area contributed by atoms with E-state index >= 15 is 0 Å². The monoisotopic (exact) mass is 407 g/mol. The van der Waals surface area contributed by atoms with Gasteiger partial charge in [0.05, 0.1) is 6.54 Å². The third-order valence-corrected chi connectivity index (χ3v) is 5.86. The fourth-order valence-corrected chi connectivity index (χ4v) is 3.92. The van der Waals surface area contributed by atoms with Gasteiger partial charge >= 0.3 is 0 Å². The van der Waals surface area contributed by atoms with Crippen molar-refractivity contribution in [1.82, 2.24) is 9.80 Å². The van der Waals surface area contributed by atoms with Crippen molar-refractivity contribution >= 4 is 17.5 Å². The SMILES string of the molecule is Cc1ccc(CCC2CCN(CC(=O)Nc3ccc(C(=O)N(C)C)cc3)CC2)cc1. The molecule has 0 spiro atoms. The lowest BCUT2D eigenvalue weighted by molar-refractivity contribution is -0.117. The van der Waals surface area contributed by atoms with Crippen LogP contribution in [-0.4, -0.2) is 55.3 Å². The van der Waals surface area contributed by atoms with Crippen molar-refractivity contribution in [2.45, 2.75) is 32.6 Å². The summed E-state index contributed by atoms with van der Waals surface area (Å²) >= 11 is 0. The number of likely N-dealkylation sites (tertiary alicyclic amines) is 1. The molecule has 2 aromatic carbocycles. The highest BCUT2D eigenvalue weighted by molar-refractivity contribution is 5.96. The van der Waals surface area contributed by atoms with Crippen LogP contribution < -0.4 is 5.32 Å². The third kappa shape index (κ3) is 6.42. The predicted molar refractivity (Wildman–Crippen MR) is 122 cm³/mol. The Labute approximate surface area is 180 Å². The first kappa shape index (κ1) is 22.0. The van der Waals surface area contributed by atoms with Crippen molar-refractivity contribution in [2.24, 2.45) is 5.92 Å². The van der Waals surface area contributed by atoms with Crippen LogP contribution >= 0.6 is 0 Å². The van der Waals surface area contributed by atoms with Gasteiger partial charge in [0.15, 0.2) is 0 Å². The van der Waals surface area contributed by atoms with Crippen molar-refractivity contribution in [3.8, 4) is 0 Å². The summed E-state index contributed by atoms with van der Waals surface area (Å²) in [6.07, 6.45) is 4.67. The Hall–Kier alpha value is -2.66. The molecular formula is C25H33N3O2. The standard InChI is InChI=1S/C25H33N3O2/c1-19-4-6-20(7-5-19)8-9-21-14-16-28(17-15-21)18-24(29)26-23-12-10-22(11-13-23)25(30)27(2)3/h4-7,10-13,21H,8-9,14-18H2,1-3H3,(H,26,29). The Morgan fingerprint density at radius 1 is 1.00 bits per heavy atom. The average molecular weight is 408 g/mol. The molecule has 1 aliphatic rings. The van der Waals surface area contributed by atoms with E-state index in [1.807, 2.05) is 0 Å². The Morgan fingerprint density at radius 3 is 2.23 bits per heavy atom. The van der Waals surface area contributed by atoms with Crippen molar-refractivity contribution in [2.75, 3.05) is 39.0 Å². The van der Waals surface area contributed by atoms with E-state index < -0.39 is 0 Å². The molecule has 2 aromatic rings. The molecular weight excluding hydrogens is 374 g/mol. The molecule has 160 valence electrons. The molecule has 0 aromatic heterocycles. The van der Waals surface area contributed by atoms with Gasteiger partial charge in [0.25, 0.3) is 5.91 Å². The minimum Gasteiger partial charge on any atom is -0.345 e. The smallest absolute Gasteiger partial charge is 0.253 e. The van der Waals surface area contributed by atoms with Gasteiger partial charge in [-0.15, -0.1) is 0 Å². The van der Waals surface area contributed by atoms with Crippen LogP contribution in [0.2, 0.25) is 0 Å². The number of piperidine rings is 1. The number of benzene rings is 2. The van der Waals surface area contributed by atoms with Gasteiger partial charge in [-0.05, 0) is 81.4 Å². The fraction of sp³-hybridized carbons (Fsp3) is 0.440. The highest BCUT2D eigenvalue weighted by Gasteiger charge is 2.21. The zero-order chi connectivity index (χ0) is 21.5. The Kier molecular flexibility index (Phi) is 7.63. The fourth-order valence-electron chi connectivity index (χ4n) is 3.92. The quantitative estimate of drug-likeness (QED) is 0.755. The molecule has 0 radical (unpaired) electrons. The van der Waals surface area contributed by atoms with Crippen molar-refractivity contribution in [1.29, 1.82) is 0 Å². The van der Waals surface area contributed by atoms with Crippen LogP contribution in [0.5, 0.6) is 0 Å². The summed E-state index contributed by atoms with van der Waals surface area (Å²) in [5.41, 5.74) is 4.07. The topological polar surface area (TPSA) is 52.7 Å². The van der Waals surface area contributed by atoms with Crippen LogP contribution in [-0.2, 0) is 11.2 Å². The van der Waals surface area contributed by atoms with Crippen LogP contribution in [0, 0.1) is 12.8 Å². The maximum atomic E-state index is 12.4. The Bertz CT molecular complexity index is 836. The number of carbonyl (C=O) groups excluding carboxylic acids is 2. The third-order valence-electron chi connectivity index (χ3n) is 5.86. The van der Waals surface area contributed by atoms with Crippen molar-refractivity contribution in [3.63, 3.8) is 0 Å². The molecule has 1 aliphatic heterocycles. The zero-order valence-corrected chi connectivity index (χ0v) is 18.4. The minimum absolute atomic E-state index is 0.000193. The largest absolute Gasteiger partial charge is 0.345 e. The number of nitrogens with zero attached hydrogens (tertiary/aromatic N) is 2. The van der Waals surface area contributed by atoms with E-state index in [1.165, 1.54) is 22.4 Å². The lowest BCUT2D eigenvalue weighted by atomic mass is 9.90. The zero-order valence-electron chi connectivity index (χ0n) is 18.4. The number of nitrogens with one attached hydrogen (secondary N) is 1. The number of amides is 2. The van der Waals surface area contributed by atoms with E-state index in [9.17, 15) is 9.59 Å². The molecule has 1 saturated heterocycles. The van der Waals surface area contributed by atoms with Crippen molar-refractivity contribution in [3.05, 3.63) is 65.2 Å². The minimum atomic E-state index is -0.0434. The number of rotatable bonds is 7. The molecule has 1 N–H and O–H groups in total. The van der Waals surface area contributed by atoms with Gasteiger partial charge in [-0.2, -0.15) is 0 Å². The van der Waals surface area contributed by atoms with E-state index in [1.54, 1.807) is 38.4 Å². The molecule has 5 heteroatoms. The Morgan fingerprint density at radius 2 is 1.63 bits per heavy atom. The molecule has 0 atom stereocenters. The van der Waals surface area contributed by atoms with E-state index in [0.29, 0.717) is 12.1 Å². The van der Waals surface area contributed by atoms with Crippen LogP contribution in [0.3, 0.4) is 0 Å². The van der Waals surface area contributed by atoms with Crippen LogP contribution in [0.1, 0.15) is 40.7 Å². The Balaban J connectivity index is 1.38. The molecule has 3 rings (SSSR count). The number of hydrogen-bond acceptors (Lipinski definition) is 3. The second-order valence-electron chi connectivity index (χ2n) is 8.57. The number of carbonyl (C=O) groups is 2. The second kappa shape index (κ2) is 10.4. The van der Waals surface area contributed by atoms with Crippen LogP contribution in [0.4, 0.5) is 5.69 Å². The normalized spacial score (nSPS) is 15.0. The maximum absolute atomic E-state index is 12.4. The van der Waals surface area contributed by atoms with E-state index in [2.05, 4.69) is 41.4 Å². The van der Waals surface area contributed by atoms with E-state index in [4.69, 9.17) is 0 Å². The van der Waals surface area contributed by atoms with Crippen LogP contribution in [0.25, 0.3) is 0 Å². The molecule has 30 heavy (non-hydrogen) atoms. The number of aryl methyl sites for hydroxylation is 2. The summed E-state index contributed by atoms with van der Waals surface area (Å²) < 4.78 is 0. The van der Waals surface area contributed by atoms with Crippen molar-refractivity contribution < 1.29 is 9.59 Å². The summed E-state index contributed by atoms with van der Waals surface area (Å²) in [6, 6.07) is 15.9. The first-order valence-corrected chi connectivity index (χ1v) is 10.8. The summed E-state index contributed by atoms with van der Waals surface area (Å²) in [5.74, 6) is 0.699. The van der Waals surface area contributed by atoms with Gasteiger partial charge in [-0.3, -0.25) is 14.5 Å². The number of hydrogen-bond donors (Lipinski definition) is 1. The second-order valence-corrected chi connectivity index (χ2v) is 8.57. The van der Waals surface area contributed by atoms with Gasteiger partial charge < -0.3 is 10.2 Å². The first-order chi connectivity index (χ1) is 14.4. The molecule has 5 nitrogen and oxygen atoms in total. The highest BCUT2D eigenvalue weighted by atomic mass is 16.2. The molecule has 0 saturated carbocycles. The lowest BCUT2D eigenvalue weighted by Gasteiger charge is -2.31. The summed E-state index contributed by atoms with van der Waals surface area (Å²) in [6.45, 7) is 4.49. The first-order valence-electron chi connectivity index (χ1n) is 10.8. The van der Waals surface area contributed by atoms with E-state index in [0.717, 1.165) is 44.0 Å². The van der Waals surface area contributed by atoms with Gasteiger partial charge in [-0.25, -0.2) is 0 Å². The van der Waals surface area contributed by atoms with Gasteiger partial charge in [0, 0.05) is 25.3 Å². The lowest BCUT2D eigenvalue weighted by Crippen LogP contribution is -2.39. The van der Waals surface area contributed by atoms with Crippen LogP contribution in [0.15, 0.2) is 48.5 Å². The molecule has 1 fully saturated rings. The highest BCUT2D eigenvalue weighted by Crippen LogP contribution is 2.22. The summed E-state index contributed by atoms with van der Waals surface area (Å²) in [4.78, 5) is 28.1. The number of anilines is 1. The summed E-state index contributed by atoms with van der Waals surface area (Å²) in [5, 5.41) is 2.94. The van der Waals surface area contributed by atoms with Gasteiger partial charge in [0.1, 0.15) is 0 Å². The molecule has 0 bridgehead atoms. The average Bonchev–Trinajstić information content (AvgIpc) is 2.74.